The second-order valence-corrected chi connectivity index (χ2v) is 13.3. The van der Waals surface area contributed by atoms with Gasteiger partial charge in [-0.1, -0.05) is 11.8 Å². The molecule has 3 aliphatic heterocycles. The summed E-state index contributed by atoms with van der Waals surface area (Å²) in [5.74, 6) is 1.68. The number of rotatable bonds is 8. The third-order valence-electron chi connectivity index (χ3n) is 8.53. The molecule has 2 saturated heterocycles. The van der Waals surface area contributed by atoms with Crippen molar-refractivity contribution in [3.8, 4) is 11.5 Å². The molecule has 3 aliphatic rings. The maximum absolute atomic E-state index is 13.1. The van der Waals surface area contributed by atoms with Crippen LogP contribution in [0.3, 0.4) is 0 Å². The topological polar surface area (TPSA) is 138 Å². The van der Waals surface area contributed by atoms with Crippen LogP contribution in [0.15, 0.2) is 33.0 Å². The van der Waals surface area contributed by atoms with Gasteiger partial charge in [-0.3, -0.25) is 9.59 Å². The van der Waals surface area contributed by atoms with Gasteiger partial charge in [0, 0.05) is 29.0 Å². The summed E-state index contributed by atoms with van der Waals surface area (Å²) in [6.45, 7) is 5.63. The fraction of sp³-hybridized carbons (Fsp3) is 0.552. The molecule has 1 atom stereocenters. The first kappa shape index (κ1) is 29.9. The van der Waals surface area contributed by atoms with Gasteiger partial charge in [0.2, 0.25) is 6.79 Å². The molecule has 0 aliphatic carbocycles. The van der Waals surface area contributed by atoms with Crippen LogP contribution in [-0.2, 0) is 20.9 Å². The van der Waals surface area contributed by atoms with E-state index in [1.54, 1.807) is 6.92 Å². The van der Waals surface area contributed by atoms with Gasteiger partial charge in [0.05, 0.1) is 5.92 Å². The van der Waals surface area contributed by atoms with Crippen LogP contribution in [0.4, 0.5) is 5.82 Å². The standard InChI is InChI=1S/C29H36BrN7O5S/c1-17(42-28(39)19-6-8-35(2)9-7-19)27(38)36-10-3-18(4-11-36)5-12-37-26-24(25(31)32-15-33-26)34-29(37)43-23-14-22-21(13-20(23)30)40-16-41-22/h13-15,17-19H,3-12,16H2,1-2H3,(H2,31,32,33). The highest BCUT2D eigenvalue weighted by molar-refractivity contribution is 9.10. The molecular weight excluding hydrogens is 638 g/mol. The van der Waals surface area contributed by atoms with E-state index in [0.717, 1.165) is 59.7 Å². The van der Waals surface area contributed by atoms with Crippen LogP contribution in [0, 0.1) is 11.8 Å². The maximum Gasteiger partial charge on any atom is 0.309 e. The van der Waals surface area contributed by atoms with Crippen molar-refractivity contribution < 1.29 is 23.8 Å². The van der Waals surface area contributed by atoms with E-state index in [9.17, 15) is 9.59 Å². The van der Waals surface area contributed by atoms with Crippen molar-refractivity contribution in [2.45, 2.75) is 61.7 Å². The molecule has 230 valence electrons. The molecule has 0 radical (unpaired) electrons. The summed E-state index contributed by atoms with van der Waals surface area (Å²) in [7, 11) is 2.05. The quantitative estimate of drug-likeness (QED) is 0.348. The van der Waals surface area contributed by atoms with Crippen LogP contribution in [0.1, 0.15) is 39.0 Å². The minimum atomic E-state index is -0.763. The molecule has 1 unspecified atom stereocenters. The smallest absolute Gasteiger partial charge is 0.309 e. The highest BCUT2D eigenvalue weighted by atomic mass is 79.9. The zero-order valence-corrected chi connectivity index (χ0v) is 26.7. The lowest BCUT2D eigenvalue weighted by Crippen LogP contribution is -2.45. The number of esters is 1. The summed E-state index contributed by atoms with van der Waals surface area (Å²) < 4.78 is 19.6. The number of nitrogens with zero attached hydrogens (tertiary/aromatic N) is 6. The Balaban J connectivity index is 1.07. The Bertz CT molecular complexity index is 1500. The van der Waals surface area contributed by atoms with Gasteiger partial charge in [0.25, 0.3) is 5.91 Å². The van der Waals surface area contributed by atoms with Crippen molar-refractivity contribution in [2.75, 3.05) is 45.8 Å². The van der Waals surface area contributed by atoms with E-state index in [1.807, 2.05) is 17.0 Å². The second kappa shape index (κ2) is 12.9. The predicted molar refractivity (Wildman–Crippen MR) is 164 cm³/mol. The maximum atomic E-state index is 13.1. The fourth-order valence-electron chi connectivity index (χ4n) is 5.86. The Kier molecular flexibility index (Phi) is 8.96. The van der Waals surface area contributed by atoms with Crippen molar-refractivity contribution in [1.29, 1.82) is 0 Å². The molecule has 0 bridgehead atoms. The Morgan fingerprint density at radius 2 is 1.84 bits per heavy atom. The Labute approximate surface area is 262 Å². The average Bonchev–Trinajstić information content (AvgIpc) is 3.60. The van der Waals surface area contributed by atoms with E-state index in [4.69, 9.17) is 24.9 Å². The van der Waals surface area contributed by atoms with E-state index < -0.39 is 6.10 Å². The number of nitrogen functional groups attached to an aromatic ring is 1. The number of likely N-dealkylation sites (tertiary alicyclic amines) is 2. The van der Waals surface area contributed by atoms with Gasteiger partial charge >= 0.3 is 5.97 Å². The van der Waals surface area contributed by atoms with Crippen LogP contribution >= 0.6 is 27.7 Å². The van der Waals surface area contributed by atoms with E-state index >= 15 is 0 Å². The van der Waals surface area contributed by atoms with Gasteiger partial charge in [0.1, 0.15) is 6.33 Å². The van der Waals surface area contributed by atoms with Gasteiger partial charge in [-0.15, -0.1) is 0 Å². The lowest BCUT2D eigenvalue weighted by atomic mass is 9.93. The monoisotopic (exact) mass is 673 g/mol. The van der Waals surface area contributed by atoms with Crippen LogP contribution < -0.4 is 15.2 Å². The Hall–Kier alpha value is -3.10. The largest absolute Gasteiger partial charge is 0.454 e. The fourth-order valence-corrected chi connectivity index (χ4v) is 7.37. The van der Waals surface area contributed by atoms with Crippen molar-refractivity contribution in [1.82, 2.24) is 29.3 Å². The van der Waals surface area contributed by atoms with Crippen molar-refractivity contribution in [3.63, 3.8) is 0 Å². The van der Waals surface area contributed by atoms with Crippen LogP contribution in [0.5, 0.6) is 11.5 Å². The molecule has 1 aromatic carbocycles. The predicted octanol–water partition coefficient (Wildman–Crippen LogP) is 3.95. The number of hydrogen-bond donors (Lipinski definition) is 1. The normalized spacial score (nSPS) is 18.7. The van der Waals surface area contributed by atoms with Gasteiger partial charge in [-0.05, 0) is 93.1 Å². The molecule has 2 N–H and O–H groups in total. The molecule has 3 aromatic rings. The third kappa shape index (κ3) is 6.55. The van der Waals surface area contributed by atoms with E-state index in [1.165, 1.54) is 18.1 Å². The lowest BCUT2D eigenvalue weighted by Gasteiger charge is -2.34. The van der Waals surface area contributed by atoms with Crippen molar-refractivity contribution in [2.24, 2.45) is 11.8 Å². The number of aromatic nitrogens is 4. The number of piperidine rings is 2. The molecule has 0 spiro atoms. The molecule has 43 heavy (non-hydrogen) atoms. The van der Waals surface area contributed by atoms with E-state index in [0.29, 0.717) is 54.0 Å². The molecule has 5 heterocycles. The molecule has 6 rings (SSSR count). The van der Waals surface area contributed by atoms with E-state index in [-0.39, 0.29) is 24.6 Å². The number of carbonyl (C=O) groups excluding carboxylic acids is 2. The number of benzene rings is 1. The first-order valence-corrected chi connectivity index (χ1v) is 16.3. The number of fused-ring (bicyclic) bond motifs is 2. The van der Waals surface area contributed by atoms with Crippen LogP contribution in [-0.4, -0.2) is 87.3 Å². The number of nitrogens with two attached hydrogens (primary N) is 1. The molecular formula is C29H36BrN7O5S. The summed E-state index contributed by atoms with van der Waals surface area (Å²) in [5.41, 5.74) is 7.44. The lowest BCUT2D eigenvalue weighted by molar-refractivity contribution is -0.164. The number of hydrogen-bond acceptors (Lipinski definition) is 11. The highest BCUT2D eigenvalue weighted by Gasteiger charge is 2.31. The Morgan fingerprint density at radius 1 is 1.12 bits per heavy atom. The molecule has 12 nitrogen and oxygen atoms in total. The summed E-state index contributed by atoms with van der Waals surface area (Å²) in [6.07, 6.45) is 4.91. The van der Waals surface area contributed by atoms with Crippen LogP contribution in [0.25, 0.3) is 11.2 Å². The number of halogens is 1. The first-order chi connectivity index (χ1) is 20.8. The first-order valence-electron chi connectivity index (χ1n) is 14.7. The van der Waals surface area contributed by atoms with E-state index in [2.05, 4.69) is 42.4 Å². The minimum Gasteiger partial charge on any atom is -0.454 e. The molecule has 2 fully saturated rings. The summed E-state index contributed by atoms with van der Waals surface area (Å²) in [4.78, 5) is 44.1. The van der Waals surface area contributed by atoms with Gasteiger partial charge < -0.3 is 34.3 Å². The zero-order chi connectivity index (χ0) is 30.1. The molecule has 0 saturated carbocycles. The number of ether oxygens (including phenoxy) is 3. The highest BCUT2D eigenvalue weighted by Crippen LogP contribution is 2.43. The Morgan fingerprint density at radius 3 is 2.58 bits per heavy atom. The average molecular weight is 675 g/mol. The van der Waals surface area contributed by atoms with Crippen molar-refractivity contribution in [3.05, 3.63) is 22.9 Å². The summed E-state index contributed by atoms with van der Waals surface area (Å²) >= 11 is 5.15. The van der Waals surface area contributed by atoms with Crippen molar-refractivity contribution >= 4 is 56.6 Å². The summed E-state index contributed by atoms with van der Waals surface area (Å²) in [6, 6.07) is 3.84. The number of imidazole rings is 1. The van der Waals surface area contributed by atoms with Gasteiger partial charge in [0.15, 0.2) is 39.7 Å². The SMILES string of the molecule is CC(OC(=O)C1CCN(C)CC1)C(=O)N1CCC(CCn2c(Sc3cc4c(cc3Br)OCO4)nc3c(N)ncnc32)CC1. The third-order valence-corrected chi connectivity index (χ3v) is 10.5. The van der Waals surface area contributed by atoms with Gasteiger partial charge in [-0.2, -0.15) is 0 Å². The number of carbonyl (C=O) groups is 2. The van der Waals surface area contributed by atoms with Crippen LogP contribution in [0.2, 0.25) is 0 Å². The molecule has 2 aromatic heterocycles. The number of aryl methyl sites for hydroxylation is 1. The zero-order valence-electron chi connectivity index (χ0n) is 24.3. The minimum absolute atomic E-state index is 0.111. The number of amides is 1. The van der Waals surface area contributed by atoms with Gasteiger partial charge in [-0.25, -0.2) is 15.0 Å². The molecule has 14 heteroatoms. The number of anilines is 1. The summed E-state index contributed by atoms with van der Waals surface area (Å²) in [5, 5.41) is 0.759. The second-order valence-electron chi connectivity index (χ2n) is 11.4. The molecule has 1 amide bonds.